The average molecular weight is 197 g/mol. The van der Waals surface area contributed by atoms with E-state index >= 15 is 0 Å². The molecule has 1 rings (SSSR count). The van der Waals surface area contributed by atoms with Gasteiger partial charge in [-0.05, 0) is 44.7 Å². The van der Waals surface area contributed by atoms with Gasteiger partial charge in [0, 0.05) is 6.04 Å². The Kier molecular flexibility index (Phi) is 4.43. The van der Waals surface area contributed by atoms with Crippen LogP contribution in [0.2, 0.25) is 0 Å². The Morgan fingerprint density at radius 3 is 2.29 bits per heavy atom. The van der Waals surface area contributed by atoms with E-state index < -0.39 is 0 Å². The van der Waals surface area contributed by atoms with Crippen molar-refractivity contribution < 1.29 is 0 Å². The van der Waals surface area contributed by atoms with Crippen molar-refractivity contribution in [3.05, 3.63) is 0 Å². The van der Waals surface area contributed by atoms with Crippen molar-refractivity contribution >= 4 is 0 Å². The smallest absolute Gasteiger partial charge is 0.0120 e. The molecule has 4 atom stereocenters. The van der Waals surface area contributed by atoms with Crippen LogP contribution in [-0.2, 0) is 0 Å². The highest BCUT2D eigenvalue weighted by molar-refractivity contribution is 4.86. The maximum atomic E-state index is 2.43. The van der Waals surface area contributed by atoms with E-state index in [0.717, 1.165) is 23.8 Å². The standard InChI is InChI=1S/C13H27N/c1-6-7-12-8-10(2)11(3)13(9-12)14(4)5/h10-13H,6-9H2,1-5H3. The Hall–Kier alpha value is -0.0400. The zero-order valence-electron chi connectivity index (χ0n) is 10.6. The Morgan fingerprint density at radius 1 is 1.14 bits per heavy atom. The predicted molar refractivity (Wildman–Crippen MR) is 63.4 cm³/mol. The fraction of sp³-hybridized carbons (Fsp3) is 1.00. The Labute approximate surface area is 89.9 Å². The summed E-state index contributed by atoms with van der Waals surface area (Å²) in [5.41, 5.74) is 0. The molecule has 0 amide bonds. The molecule has 0 bridgehead atoms. The van der Waals surface area contributed by atoms with E-state index in [1.165, 1.54) is 25.7 Å². The molecule has 1 aliphatic rings. The zero-order valence-corrected chi connectivity index (χ0v) is 10.6. The van der Waals surface area contributed by atoms with Gasteiger partial charge in [0.25, 0.3) is 0 Å². The van der Waals surface area contributed by atoms with Crippen LogP contribution in [0.5, 0.6) is 0 Å². The lowest BCUT2D eigenvalue weighted by Gasteiger charge is -2.42. The van der Waals surface area contributed by atoms with Crippen LogP contribution in [0.4, 0.5) is 0 Å². The number of nitrogens with zero attached hydrogens (tertiary/aromatic N) is 1. The third kappa shape index (κ3) is 2.73. The van der Waals surface area contributed by atoms with Crippen molar-refractivity contribution in [2.24, 2.45) is 17.8 Å². The van der Waals surface area contributed by atoms with Gasteiger partial charge in [-0.25, -0.2) is 0 Å². The quantitative estimate of drug-likeness (QED) is 0.670. The molecule has 0 aliphatic heterocycles. The minimum Gasteiger partial charge on any atom is -0.306 e. The molecule has 0 aromatic carbocycles. The van der Waals surface area contributed by atoms with Crippen LogP contribution in [0, 0.1) is 17.8 Å². The zero-order chi connectivity index (χ0) is 10.7. The minimum absolute atomic E-state index is 0.815. The molecule has 0 saturated heterocycles. The predicted octanol–water partition coefficient (Wildman–Crippen LogP) is 3.40. The Bertz CT molecular complexity index is 165. The van der Waals surface area contributed by atoms with Crippen molar-refractivity contribution in [3.63, 3.8) is 0 Å². The fourth-order valence-electron chi connectivity index (χ4n) is 3.10. The van der Waals surface area contributed by atoms with E-state index in [1.54, 1.807) is 0 Å². The molecule has 0 spiro atoms. The van der Waals surface area contributed by atoms with Crippen molar-refractivity contribution in [2.45, 2.75) is 52.5 Å². The van der Waals surface area contributed by atoms with Crippen LogP contribution < -0.4 is 0 Å². The summed E-state index contributed by atoms with van der Waals surface area (Å²) in [5, 5.41) is 0. The molecule has 1 saturated carbocycles. The molecular formula is C13H27N. The lowest BCUT2D eigenvalue weighted by Crippen LogP contribution is -2.42. The first-order chi connectivity index (χ1) is 6.56. The van der Waals surface area contributed by atoms with Gasteiger partial charge in [-0.15, -0.1) is 0 Å². The monoisotopic (exact) mass is 197 g/mol. The number of rotatable bonds is 3. The third-order valence-electron chi connectivity index (χ3n) is 4.14. The molecule has 0 heterocycles. The highest BCUT2D eigenvalue weighted by Crippen LogP contribution is 2.37. The summed E-state index contributed by atoms with van der Waals surface area (Å²) in [6.07, 6.45) is 5.67. The molecule has 1 heteroatoms. The largest absolute Gasteiger partial charge is 0.306 e. The molecule has 1 nitrogen and oxygen atoms in total. The van der Waals surface area contributed by atoms with Gasteiger partial charge in [-0.2, -0.15) is 0 Å². The van der Waals surface area contributed by atoms with Gasteiger partial charge >= 0.3 is 0 Å². The SMILES string of the molecule is CCCC1CC(C)C(C)C(N(C)C)C1. The van der Waals surface area contributed by atoms with E-state index in [9.17, 15) is 0 Å². The van der Waals surface area contributed by atoms with Gasteiger partial charge in [0.2, 0.25) is 0 Å². The molecule has 14 heavy (non-hydrogen) atoms. The summed E-state index contributed by atoms with van der Waals surface area (Å²) in [5.74, 6) is 2.77. The molecule has 0 aromatic rings. The Balaban J connectivity index is 2.57. The summed E-state index contributed by atoms with van der Waals surface area (Å²) in [6.45, 7) is 7.17. The molecular weight excluding hydrogens is 170 g/mol. The van der Waals surface area contributed by atoms with Gasteiger partial charge < -0.3 is 4.90 Å². The summed E-state index contributed by atoms with van der Waals surface area (Å²) >= 11 is 0. The molecule has 0 aromatic heterocycles. The summed E-state index contributed by atoms with van der Waals surface area (Å²) in [6, 6.07) is 0.815. The molecule has 0 radical (unpaired) electrons. The topological polar surface area (TPSA) is 3.24 Å². The highest BCUT2D eigenvalue weighted by Gasteiger charge is 2.33. The van der Waals surface area contributed by atoms with Crippen molar-refractivity contribution in [1.29, 1.82) is 0 Å². The highest BCUT2D eigenvalue weighted by atomic mass is 15.1. The molecule has 84 valence electrons. The Morgan fingerprint density at radius 2 is 1.79 bits per heavy atom. The first kappa shape index (κ1) is 12.0. The first-order valence-corrected chi connectivity index (χ1v) is 6.22. The van der Waals surface area contributed by atoms with Gasteiger partial charge in [-0.1, -0.05) is 33.6 Å². The maximum absolute atomic E-state index is 2.43. The van der Waals surface area contributed by atoms with E-state index in [4.69, 9.17) is 0 Å². The van der Waals surface area contributed by atoms with Gasteiger partial charge in [0.05, 0.1) is 0 Å². The lowest BCUT2D eigenvalue weighted by molar-refractivity contribution is 0.0830. The van der Waals surface area contributed by atoms with E-state index in [-0.39, 0.29) is 0 Å². The molecule has 4 unspecified atom stereocenters. The van der Waals surface area contributed by atoms with Crippen molar-refractivity contribution in [1.82, 2.24) is 4.90 Å². The van der Waals surface area contributed by atoms with Crippen LogP contribution in [0.15, 0.2) is 0 Å². The second-order valence-corrected chi connectivity index (χ2v) is 5.49. The van der Waals surface area contributed by atoms with Crippen LogP contribution >= 0.6 is 0 Å². The normalized spacial score (nSPS) is 39.0. The van der Waals surface area contributed by atoms with Crippen LogP contribution in [0.25, 0.3) is 0 Å². The first-order valence-electron chi connectivity index (χ1n) is 6.22. The molecule has 0 N–H and O–H groups in total. The van der Waals surface area contributed by atoms with Gasteiger partial charge in [0.1, 0.15) is 0 Å². The molecule has 1 fully saturated rings. The summed E-state index contributed by atoms with van der Waals surface area (Å²) < 4.78 is 0. The van der Waals surface area contributed by atoms with Gasteiger partial charge in [0.15, 0.2) is 0 Å². The molecule has 1 aliphatic carbocycles. The van der Waals surface area contributed by atoms with Crippen LogP contribution in [-0.4, -0.2) is 25.0 Å². The maximum Gasteiger partial charge on any atom is 0.0120 e. The van der Waals surface area contributed by atoms with E-state index in [2.05, 4.69) is 39.8 Å². The summed E-state index contributed by atoms with van der Waals surface area (Å²) in [4.78, 5) is 2.43. The third-order valence-corrected chi connectivity index (χ3v) is 4.14. The van der Waals surface area contributed by atoms with Gasteiger partial charge in [-0.3, -0.25) is 0 Å². The van der Waals surface area contributed by atoms with Crippen LogP contribution in [0.1, 0.15) is 46.5 Å². The van der Waals surface area contributed by atoms with Crippen molar-refractivity contribution in [3.8, 4) is 0 Å². The summed E-state index contributed by atoms with van der Waals surface area (Å²) in [7, 11) is 4.48. The second-order valence-electron chi connectivity index (χ2n) is 5.49. The number of hydrogen-bond donors (Lipinski definition) is 0. The fourth-order valence-corrected chi connectivity index (χ4v) is 3.10. The van der Waals surface area contributed by atoms with Crippen molar-refractivity contribution in [2.75, 3.05) is 14.1 Å². The minimum atomic E-state index is 0.815. The van der Waals surface area contributed by atoms with E-state index in [0.29, 0.717) is 0 Å². The second kappa shape index (κ2) is 5.16. The lowest BCUT2D eigenvalue weighted by atomic mass is 9.71. The van der Waals surface area contributed by atoms with Crippen LogP contribution in [0.3, 0.4) is 0 Å². The average Bonchev–Trinajstić information content (AvgIpc) is 2.11. The number of hydrogen-bond acceptors (Lipinski definition) is 1. The van der Waals surface area contributed by atoms with E-state index in [1.807, 2.05) is 0 Å².